The van der Waals surface area contributed by atoms with Gasteiger partial charge in [-0.3, -0.25) is 4.68 Å². The molecule has 1 aromatic heterocycles. The first-order valence-electron chi connectivity index (χ1n) is 7.71. The molecule has 2 aromatic rings. The molecular weight excluding hydrogens is 260 g/mol. The van der Waals surface area contributed by atoms with E-state index in [0.717, 1.165) is 25.1 Å². The Labute approximate surface area is 126 Å². The number of rotatable bonds is 3. The van der Waals surface area contributed by atoms with E-state index in [4.69, 9.17) is 5.73 Å². The molecule has 21 heavy (non-hydrogen) atoms. The monoisotopic (exact) mass is 284 g/mol. The Hall–Kier alpha value is -1.81. The quantitative estimate of drug-likeness (QED) is 0.942. The summed E-state index contributed by atoms with van der Waals surface area (Å²) < 4.78 is 2.01. The maximum atomic E-state index is 6.04. The van der Waals surface area contributed by atoms with Crippen LogP contribution in [-0.2, 0) is 19.9 Å². The molecule has 112 valence electrons. The standard InChI is InChI=1S/C17H24N4/c1-12(18)11-15-13(2)19-20(3)17(15)21-10-6-8-14-7-4-5-9-16(14)21/h4-5,7,9,12H,6,8,10-11,18H2,1-3H3. The fraction of sp³-hybridized carbons (Fsp3) is 0.471. The van der Waals surface area contributed by atoms with Gasteiger partial charge in [-0.25, -0.2) is 0 Å². The Bertz CT molecular complexity index is 642. The van der Waals surface area contributed by atoms with Crippen LogP contribution in [0.4, 0.5) is 11.5 Å². The van der Waals surface area contributed by atoms with Crippen molar-refractivity contribution in [1.82, 2.24) is 9.78 Å². The summed E-state index contributed by atoms with van der Waals surface area (Å²) in [7, 11) is 2.03. The van der Waals surface area contributed by atoms with Crippen LogP contribution in [0.3, 0.4) is 0 Å². The fourth-order valence-electron chi connectivity index (χ4n) is 3.34. The van der Waals surface area contributed by atoms with Crippen LogP contribution in [0, 0.1) is 6.92 Å². The van der Waals surface area contributed by atoms with Crippen LogP contribution in [0.15, 0.2) is 24.3 Å². The summed E-state index contributed by atoms with van der Waals surface area (Å²) in [5.74, 6) is 1.21. The van der Waals surface area contributed by atoms with Gasteiger partial charge in [-0.2, -0.15) is 5.10 Å². The second-order valence-electron chi connectivity index (χ2n) is 6.08. The maximum Gasteiger partial charge on any atom is 0.134 e. The summed E-state index contributed by atoms with van der Waals surface area (Å²) in [4.78, 5) is 2.41. The molecule has 0 saturated carbocycles. The fourth-order valence-corrected chi connectivity index (χ4v) is 3.34. The molecule has 0 spiro atoms. The van der Waals surface area contributed by atoms with E-state index < -0.39 is 0 Å². The topological polar surface area (TPSA) is 47.1 Å². The van der Waals surface area contributed by atoms with E-state index in [1.165, 1.54) is 29.1 Å². The largest absolute Gasteiger partial charge is 0.328 e. The van der Waals surface area contributed by atoms with E-state index in [0.29, 0.717) is 0 Å². The van der Waals surface area contributed by atoms with Gasteiger partial charge in [-0.15, -0.1) is 0 Å². The van der Waals surface area contributed by atoms with Gasteiger partial charge in [0.1, 0.15) is 5.82 Å². The zero-order valence-electron chi connectivity index (χ0n) is 13.1. The molecule has 1 aliphatic heterocycles. The van der Waals surface area contributed by atoms with Crippen molar-refractivity contribution in [3.8, 4) is 0 Å². The molecule has 4 nitrogen and oxygen atoms in total. The van der Waals surface area contributed by atoms with E-state index in [-0.39, 0.29) is 6.04 Å². The molecule has 1 aromatic carbocycles. The lowest BCUT2D eigenvalue weighted by Crippen LogP contribution is -2.28. The highest BCUT2D eigenvalue weighted by Gasteiger charge is 2.25. The van der Waals surface area contributed by atoms with Crippen molar-refractivity contribution in [2.24, 2.45) is 12.8 Å². The first-order valence-corrected chi connectivity index (χ1v) is 7.71. The third-order valence-corrected chi connectivity index (χ3v) is 4.21. The SMILES string of the molecule is Cc1nn(C)c(N2CCCc3ccccc32)c1CC(C)N. The average molecular weight is 284 g/mol. The molecule has 0 bridgehead atoms. The van der Waals surface area contributed by atoms with Gasteiger partial charge in [-0.05, 0) is 44.7 Å². The predicted octanol–water partition coefficient (Wildman–Crippen LogP) is 2.70. The molecule has 2 heterocycles. The van der Waals surface area contributed by atoms with E-state index in [9.17, 15) is 0 Å². The zero-order valence-corrected chi connectivity index (χ0v) is 13.1. The summed E-state index contributed by atoms with van der Waals surface area (Å²) >= 11 is 0. The maximum absolute atomic E-state index is 6.04. The Balaban J connectivity index is 2.09. The van der Waals surface area contributed by atoms with E-state index in [1.54, 1.807) is 0 Å². The second-order valence-corrected chi connectivity index (χ2v) is 6.08. The van der Waals surface area contributed by atoms with Crippen molar-refractivity contribution in [3.63, 3.8) is 0 Å². The normalized spacial score (nSPS) is 15.9. The molecule has 0 saturated heterocycles. The lowest BCUT2D eigenvalue weighted by atomic mass is 10.0. The second kappa shape index (κ2) is 5.53. The Morgan fingerprint density at radius 3 is 2.86 bits per heavy atom. The van der Waals surface area contributed by atoms with Gasteiger partial charge < -0.3 is 10.6 Å². The zero-order chi connectivity index (χ0) is 15.0. The van der Waals surface area contributed by atoms with Gasteiger partial charge in [0.15, 0.2) is 0 Å². The Kier molecular flexibility index (Phi) is 3.72. The number of para-hydroxylation sites is 1. The van der Waals surface area contributed by atoms with Crippen LogP contribution in [0.2, 0.25) is 0 Å². The van der Waals surface area contributed by atoms with Crippen LogP contribution < -0.4 is 10.6 Å². The van der Waals surface area contributed by atoms with Crippen molar-refractivity contribution >= 4 is 11.5 Å². The molecule has 0 amide bonds. The first-order chi connectivity index (χ1) is 10.1. The number of nitrogens with two attached hydrogens (primary N) is 1. The Morgan fingerprint density at radius 2 is 2.10 bits per heavy atom. The van der Waals surface area contributed by atoms with Gasteiger partial charge in [0.05, 0.1) is 5.69 Å². The third kappa shape index (κ3) is 2.56. The van der Waals surface area contributed by atoms with Gasteiger partial charge >= 0.3 is 0 Å². The molecule has 0 fully saturated rings. The van der Waals surface area contributed by atoms with Crippen LogP contribution in [-0.4, -0.2) is 22.4 Å². The molecule has 1 unspecified atom stereocenters. The molecule has 1 atom stereocenters. The summed E-state index contributed by atoms with van der Waals surface area (Å²) in [6, 6.07) is 8.83. The molecule has 1 aliphatic rings. The van der Waals surface area contributed by atoms with E-state index >= 15 is 0 Å². The van der Waals surface area contributed by atoms with Crippen molar-refractivity contribution in [2.75, 3.05) is 11.4 Å². The lowest BCUT2D eigenvalue weighted by Gasteiger charge is -2.32. The van der Waals surface area contributed by atoms with Gasteiger partial charge in [0, 0.05) is 30.9 Å². The predicted molar refractivity (Wildman–Crippen MR) is 87.1 cm³/mol. The number of aromatic nitrogens is 2. The average Bonchev–Trinajstić information content (AvgIpc) is 2.72. The van der Waals surface area contributed by atoms with Crippen molar-refractivity contribution in [1.29, 1.82) is 0 Å². The van der Waals surface area contributed by atoms with E-state index in [1.807, 2.05) is 11.7 Å². The van der Waals surface area contributed by atoms with Crippen molar-refractivity contribution in [3.05, 3.63) is 41.1 Å². The number of anilines is 2. The minimum absolute atomic E-state index is 0.145. The molecular formula is C17H24N4. The first kappa shape index (κ1) is 14.1. The summed E-state index contributed by atoms with van der Waals surface area (Å²) in [6.07, 6.45) is 3.21. The van der Waals surface area contributed by atoms with Crippen LogP contribution in [0.25, 0.3) is 0 Å². The lowest BCUT2D eigenvalue weighted by molar-refractivity contribution is 0.696. The van der Waals surface area contributed by atoms with Crippen LogP contribution in [0.5, 0.6) is 0 Å². The summed E-state index contributed by atoms with van der Waals surface area (Å²) in [5.41, 5.74) is 11.2. The number of nitrogens with zero attached hydrogens (tertiary/aromatic N) is 3. The number of hydrogen-bond donors (Lipinski definition) is 1. The molecule has 0 aliphatic carbocycles. The number of aryl methyl sites for hydroxylation is 3. The van der Waals surface area contributed by atoms with Crippen LogP contribution >= 0.6 is 0 Å². The molecule has 3 rings (SSSR count). The third-order valence-electron chi connectivity index (χ3n) is 4.21. The smallest absolute Gasteiger partial charge is 0.134 e. The summed E-state index contributed by atoms with van der Waals surface area (Å²) in [6.45, 7) is 5.18. The Morgan fingerprint density at radius 1 is 1.33 bits per heavy atom. The number of fused-ring (bicyclic) bond motifs is 1. The minimum Gasteiger partial charge on any atom is -0.328 e. The highest BCUT2D eigenvalue weighted by atomic mass is 15.4. The summed E-state index contributed by atoms with van der Waals surface area (Å²) in [5, 5.41) is 4.63. The van der Waals surface area contributed by atoms with Crippen molar-refractivity contribution < 1.29 is 0 Å². The van der Waals surface area contributed by atoms with Gasteiger partial charge in [-0.1, -0.05) is 18.2 Å². The highest BCUT2D eigenvalue weighted by Crippen LogP contribution is 2.36. The van der Waals surface area contributed by atoms with Crippen molar-refractivity contribution in [2.45, 2.75) is 39.2 Å². The van der Waals surface area contributed by atoms with Crippen LogP contribution in [0.1, 0.15) is 30.2 Å². The molecule has 0 radical (unpaired) electrons. The number of benzene rings is 1. The minimum atomic E-state index is 0.145. The molecule has 2 N–H and O–H groups in total. The number of hydrogen-bond acceptors (Lipinski definition) is 3. The van der Waals surface area contributed by atoms with Gasteiger partial charge in [0.2, 0.25) is 0 Å². The molecule has 4 heteroatoms. The van der Waals surface area contributed by atoms with E-state index in [2.05, 4.69) is 48.1 Å². The highest BCUT2D eigenvalue weighted by molar-refractivity contribution is 5.68. The van der Waals surface area contributed by atoms with Gasteiger partial charge in [0.25, 0.3) is 0 Å².